The molecule has 0 aliphatic heterocycles. The van der Waals surface area contributed by atoms with Crippen LogP contribution in [0.4, 0.5) is 5.69 Å². The van der Waals surface area contributed by atoms with Crippen molar-refractivity contribution in [2.75, 3.05) is 26.5 Å². The molecule has 0 bridgehead atoms. The van der Waals surface area contributed by atoms with E-state index in [9.17, 15) is 18.4 Å². The van der Waals surface area contributed by atoms with E-state index in [4.69, 9.17) is 4.74 Å². The summed E-state index contributed by atoms with van der Waals surface area (Å²) in [5.41, 5.74) is 5.06. The minimum Gasteiger partial charge on any atom is -0.710 e. The van der Waals surface area contributed by atoms with Crippen molar-refractivity contribution in [1.82, 2.24) is 9.29 Å². The zero-order valence-corrected chi connectivity index (χ0v) is 22.9. The molecule has 0 saturated carbocycles. The first-order valence-electron chi connectivity index (χ1n) is 11.9. The summed E-state index contributed by atoms with van der Waals surface area (Å²) in [7, 11) is 0.763. The molecule has 0 fully saturated rings. The fraction of sp³-hybridized carbons (Fsp3) is 0.214. The molecule has 10 heteroatoms. The number of hydrogen-bond acceptors (Lipinski definition) is 5. The summed E-state index contributed by atoms with van der Waals surface area (Å²) in [6.07, 6.45) is 0. The van der Waals surface area contributed by atoms with Crippen molar-refractivity contribution in [3.05, 3.63) is 88.4 Å². The van der Waals surface area contributed by atoms with Crippen LogP contribution < -0.4 is 14.8 Å². The summed E-state index contributed by atoms with van der Waals surface area (Å²) >= 11 is 0. The molecule has 9 nitrogen and oxygen atoms in total. The van der Waals surface area contributed by atoms with Crippen molar-refractivity contribution in [3.63, 3.8) is 0 Å². The van der Waals surface area contributed by atoms with Crippen molar-refractivity contribution in [2.24, 2.45) is 0 Å². The van der Waals surface area contributed by atoms with Gasteiger partial charge in [-0.05, 0) is 66.9 Å². The number of H-pyrrole nitrogens is 1. The van der Waals surface area contributed by atoms with Crippen LogP contribution in [0, 0.1) is 26.0 Å². The van der Waals surface area contributed by atoms with Gasteiger partial charge in [-0.1, -0.05) is 24.3 Å². The number of sulfonamides is 1. The number of hydrogen-bond donors (Lipinski definition) is 2. The summed E-state index contributed by atoms with van der Waals surface area (Å²) in [6.45, 7) is 5.67. The second kappa shape index (κ2) is 10.3. The molecule has 0 aliphatic carbocycles. The number of benzene rings is 3. The van der Waals surface area contributed by atoms with Gasteiger partial charge < -0.3 is 15.3 Å². The summed E-state index contributed by atoms with van der Waals surface area (Å²) < 4.78 is 32.2. The molecule has 2 N–H and O–H groups in total. The van der Waals surface area contributed by atoms with Gasteiger partial charge in [0.1, 0.15) is 5.75 Å². The second-order valence-electron chi connectivity index (χ2n) is 9.19. The third kappa shape index (κ3) is 4.88. The Balaban J connectivity index is 1.72. The number of ether oxygens (including phenoxy) is 1. The van der Waals surface area contributed by atoms with Crippen molar-refractivity contribution >= 4 is 21.6 Å². The molecule has 0 radical (unpaired) electrons. The Morgan fingerprint density at radius 3 is 2.29 bits per heavy atom. The highest BCUT2D eigenvalue weighted by molar-refractivity contribution is 7.89. The van der Waals surface area contributed by atoms with Gasteiger partial charge in [0.15, 0.2) is 5.69 Å². The molecular formula is C28H30N4O5S. The summed E-state index contributed by atoms with van der Waals surface area (Å²) in [6, 6.07) is 17.3. The Morgan fingerprint density at radius 1 is 1.00 bits per heavy atom. The number of aryl methyl sites for hydroxylation is 3. The van der Waals surface area contributed by atoms with Crippen molar-refractivity contribution < 1.29 is 22.7 Å². The number of aromatic amines is 1. The van der Waals surface area contributed by atoms with Crippen LogP contribution in [0.1, 0.15) is 27.3 Å². The largest absolute Gasteiger partial charge is 0.710 e. The van der Waals surface area contributed by atoms with E-state index in [-0.39, 0.29) is 22.1 Å². The molecule has 0 unspecified atom stereocenters. The molecule has 0 atom stereocenters. The van der Waals surface area contributed by atoms with Crippen LogP contribution in [0.25, 0.3) is 22.5 Å². The first kappa shape index (κ1) is 26.9. The molecule has 38 heavy (non-hydrogen) atoms. The lowest BCUT2D eigenvalue weighted by molar-refractivity contribution is -0.594. The van der Waals surface area contributed by atoms with E-state index < -0.39 is 15.9 Å². The van der Waals surface area contributed by atoms with E-state index in [1.165, 1.54) is 32.3 Å². The van der Waals surface area contributed by atoms with Gasteiger partial charge in [-0.25, -0.2) is 22.4 Å². The third-order valence-electron chi connectivity index (χ3n) is 6.38. The summed E-state index contributed by atoms with van der Waals surface area (Å²) in [4.78, 5) is 16.2. The summed E-state index contributed by atoms with van der Waals surface area (Å²) in [5, 5.41) is 16.0. The van der Waals surface area contributed by atoms with Crippen LogP contribution in [-0.4, -0.2) is 44.8 Å². The third-order valence-corrected chi connectivity index (χ3v) is 8.19. The standard InChI is InChI=1S/C28H30N4O5S/c1-17-9-7-10-18(2)25(17)23-15-20(13-14-24(23)37-6)27-29-19(3)26(32(27)34)28(33)30-21-11-8-12-22(16-21)38(35,36)31(4)5/h7-16,29H,1-6H3,(H,30,33). The Hall–Kier alpha value is -4.15. The minimum absolute atomic E-state index is 0.0269. The number of carbonyl (C=O) groups is 1. The van der Waals surface area contributed by atoms with Crippen molar-refractivity contribution in [3.8, 4) is 28.3 Å². The van der Waals surface area contributed by atoms with E-state index in [2.05, 4.69) is 10.3 Å². The Labute approximate surface area is 222 Å². The number of aromatic nitrogens is 2. The highest BCUT2D eigenvalue weighted by Crippen LogP contribution is 2.37. The highest BCUT2D eigenvalue weighted by Gasteiger charge is 2.27. The zero-order valence-electron chi connectivity index (χ0n) is 22.1. The Bertz CT molecular complexity index is 1620. The molecule has 1 aromatic heterocycles. The Kier molecular flexibility index (Phi) is 7.30. The number of anilines is 1. The SMILES string of the molecule is COc1ccc(-c2[nH]c(C)c(C(=O)Nc3cccc(S(=O)(=O)N(C)C)c3)[n+]2[O-])cc1-c1c(C)cccc1C. The number of nitrogens with one attached hydrogen (secondary N) is 2. The maximum atomic E-state index is 13.4. The predicted octanol–water partition coefficient (Wildman–Crippen LogP) is 4.42. The zero-order chi connectivity index (χ0) is 27.8. The van der Waals surface area contributed by atoms with E-state index in [1.807, 2.05) is 38.1 Å². The molecule has 4 aromatic rings. The summed E-state index contributed by atoms with van der Waals surface area (Å²) in [5.74, 6) is 0.201. The van der Waals surface area contributed by atoms with Gasteiger partial charge >= 0.3 is 0 Å². The normalized spacial score (nSPS) is 11.6. The van der Waals surface area contributed by atoms with E-state index in [0.29, 0.717) is 21.7 Å². The second-order valence-corrected chi connectivity index (χ2v) is 11.3. The first-order valence-corrected chi connectivity index (χ1v) is 13.3. The topological polar surface area (TPSA) is 118 Å². The number of carbonyl (C=O) groups excluding carboxylic acids is 1. The maximum absolute atomic E-state index is 13.4. The van der Waals surface area contributed by atoms with E-state index in [0.717, 1.165) is 26.6 Å². The van der Waals surface area contributed by atoms with Gasteiger partial charge in [-0.3, -0.25) is 4.79 Å². The van der Waals surface area contributed by atoms with Crippen LogP contribution >= 0.6 is 0 Å². The maximum Gasteiger partial charge on any atom is 0.300 e. The smallest absolute Gasteiger partial charge is 0.300 e. The molecule has 0 aliphatic rings. The number of amides is 1. The van der Waals surface area contributed by atoms with Gasteiger partial charge in [-0.2, -0.15) is 0 Å². The number of imidazole rings is 1. The average Bonchev–Trinajstić information content (AvgIpc) is 3.17. The lowest BCUT2D eigenvalue weighted by Crippen LogP contribution is -2.36. The number of rotatable bonds is 7. The monoisotopic (exact) mass is 534 g/mol. The van der Waals surface area contributed by atoms with Crippen LogP contribution in [0.2, 0.25) is 0 Å². The molecule has 198 valence electrons. The number of nitrogens with zero attached hydrogens (tertiary/aromatic N) is 2. The molecule has 3 aromatic carbocycles. The molecule has 0 spiro atoms. The lowest BCUT2D eigenvalue weighted by Gasteiger charge is -2.15. The number of methoxy groups -OCH3 is 1. The van der Waals surface area contributed by atoms with E-state index in [1.54, 1.807) is 32.2 Å². The molecular weight excluding hydrogens is 504 g/mol. The molecule has 1 heterocycles. The minimum atomic E-state index is -3.69. The van der Waals surface area contributed by atoms with Crippen LogP contribution in [-0.2, 0) is 10.0 Å². The molecule has 4 rings (SSSR count). The van der Waals surface area contributed by atoms with Gasteiger partial charge in [0.25, 0.3) is 11.7 Å². The van der Waals surface area contributed by atoms with Gasteiger partial charge in [0.05, 0.1) is 17.6 Å². The fourth-order valence-electron chi connectivity index (χ4n) is 4.43. The van der Waals surface area contributed by atoms with E-state index >= 15 is 0 Å². The predicted molar refractivity (Wildman–Crippen MR) is 147 cm³/mol. The van der Waals surface area contributed by atoms with Gasteiger partial charge in [0, 0.05) is 32.3 Å². The average molecular weight is 535 g/mol. The van der Waals surface area contributed by atoms with Gasteiger partial charge in [0.2, 0.25) is 15.7 Å². The van der Waals surface area contributed by atoms with Gasteiger partial charge in [-0.15, -0.1) is 0 Å². The lowest BCUT2D eigenvalue weighted by atomic mass is 9.93. The van der Waals surface area contributed by atoms with Crippen molar-refractivity contribution in [1.29, 1.82) is 0 Å². The molecule has 0 saturated heterocycles. The van der Waals surface area contributed by atoms with Crippen LogP contribution in [0.3, 0.4) is 0 Å². The highest BCUT2D eigenvalue weighted by atomic mass is 32.2. The van der Waals surface area contributed by atoms with Crippen LogP contribution in [0.15, 0.2) is 65.6 Å². The molecule has 1 amide bonds. The Morgan fingerprint density at radius 2 is 1.66 bits per heavy atom. The van der Waals surface area contributed by atoms with Crippen LogP contribution in [0.5, 0.6) is 5.75 Å². The first-order chi connectivity index (χ1) is 17.9. The quantitative estimate of drug-likeness (QED) is 0.269. The van der Waals surface area contributed by atoms with Crippen molar-refractivity contribution in [2.45, 2.75) is 25.7 Å². The fourth-order valence-corrected chi connectivity index (χ4v) is 5.38.